The van der Waals surface area contributed by atoms with E-state index in [1.165, 1.54) is 0 Å². The molecule has 0 aliphatic carbocycles. The standard InChI is InChI=1S/C18H23N3O2/c1-19-18(20-11-10-14-6-5-8-16(22)12-14)21-13-15-7-3-4-9-17(15)23-2/h3-9,12,22H,10-11,13H2,1-2H3,(H2,19,20,21). The highest BCUT2D eigenvalue weighted by molar-refractivity contribution is 5.79. The average Bonchev–Trinajstić information content (AvgIpc) is 2.58. The van der Waals surface area contributed by atoms with E-state index in [0.717, 1.165) is 35.8 Å². The molecule has 2 aromatic rings. The average molecular weight is 313 g/mol. The number of para-hydroxylation sites is 1. The van der Waals surface area contributed by atoms with Crippen molar-refractivity contribution in [2.45, 2.75) is 13.0 Å². The second-order valence-corrected chi connectivity index (χ2v) is 5.08. The molecule has 0 radical (unpaired) electrons. The predicted molar refractivity (Wildman–Crippen MR) is 93.0 cm³/mol. The number of aromatic hydroxyl groups is 1. The molecule has 3 N–H and O–H groups in total. The monoisotopic (exact) mass is 313 g/mol. The van der Waals surface area contributed by atoms with E-state index < -0.39 is 0 Å². The van der Waals surface area contributed by atoms with Crippen LogP contribution in [0.1, 0.15) is 11.1 Å². The molecule has 5 heteroatoms. The van der Waals surface area contributed by atoms with Crippen molar-refractivity contribution >= 4 is 5.96 Å². The van der Waals surface area contributed by atoms with Gasteiger partial charge in [0.15, 0.2) is 5.96 Å². The molecule has 0 fully saturated rings. The number of ether oxygens (including phenoxy) is 1. The highest BCUT2D eigenvalue weighted by Crippen LogP contribution is 2.16. The summed E-state index contributed by atoms with van der Waals surface area (Å²) in [7, 11) is 3.41. The van der Waals surface area contributed by atoms with Gasteiger partial charge in [-0.05, 0) is 30.2 Å². The first kappa shape index (κ1) is 16.7. The number of phenols is 1. The number of guanidine groups is 1. The molecule has 0 atom stereocenters. The highest BCUT2D eigenvalue weighted by atomic mass is 16.5. The van der Waals surface area contributed by atoms with Gasteiger partial charge in [-0.25, -0.2) is 0 Å². The molecule has 0 saturated carbocycles. The summed E-state index contributed by atoms with van der Waals surface area (Å²) in [6, 6.07) is 15.2. The van der Waals surface area contributed by atoms with Gasteiger partial charge in [0, 0.05) is 25.7 Å². The molecule has 0 aliphatic heterocycles. The van der Waals surface area contributed by atoms with Crippen LogP contribution >= 0.6 is 0 Å². The minimum absolute atomic E-state index is 0.293. The van der Waals surface area contributed by atoms with Crippen LogP contribution in [0, 0.1) is 0 Å². The summed E-state index contributed by atoms with van der Waals surface area (Å²) in [5, 5.41) is 16.0. The van der Waals surface area contributed by atoms with E-state index in [2.05, 4.69) is 15.6 Å². The van der Waals surface area contributed by atoms with Crippen molar-refractivity contribution in [3.63, 3.8) is 0 Å². The first-order valence-electron chi connectivity index (χ1n) is 7.57. The Morgan fingerprint density at radius 3 is 2.70 bits per heavy atom. The SMILES string of the molecule is CN=C(NCCc1cccc(O)c1)NCc1ccccc1OC. The van der Waals surface area contributed by atoms with Crippen LogP contribution in [0.5, 0.6) is 11.5 Å². The van der Waals surface area contributed by atoms with Crippen LogP contribution < -0.4 is 15.4 Å². The fraction of sp³-hybridized carbons (Fsp3) is 0.278. The summed E-state index contributed by atoms with van der Waals surface area (Å²) in [5.74, 6) is 1.88. The number of nitrogens with one attached hydrogen (secondary N) is 2. The van der Waals surface area contributed by atoms with Gasteiger partial charge in [0.1, 0.15) is 11.5 Å². The number of phenolic OH excluding ortho intramolecular Hbond substituents is 1. The third kappa shape index (κ3) is 5.21. The van der Waals surface area contributed by atoms with Crippen molar-refractivity contribution in [3.05, 3.63) is 59.7 Å². The zero-order valence-corrected chi connectivity index (χ0v) is 13.5. The number of methoxy groups -OCH3 is 1. The quantitative estimate of drug-likeness (QED) is 0.565. The van der Waals surface area contributed by atoms with Crippen molar-refractivity contribution in [2.24, 2.45) is 4.99 Å². The first-order chi connectivity index (χ1) is 11.2. The van der Waals surface area contributed by atoms with Gasteiger partial charge in [0.25, 0.3) is 0 Å². The number of benzene rings is 2. The zero-order valence-electron chi connectivity index (χ0n) is 13.5. The summed E-state index contributed by atoms with van der Waals surface area (Å²) < 4.78 is 5.34. The molecule has 0 aromatic heterocycles. The maximum absolute atomic E-state index is 9.46. The molecule has 0 spiro atoms. The lowest BCUT2D eigenvalue weighted by molar-refractivity contribution is 0.409. The maximum atomic E-state index is 9.46. The van der Waals surface area contributed by atoms with Crippen LogP contribution in [0.25, 0.3) is 0 Å². The van der Waals surface area contributed by atoms with Gasteiger partial charge in [-0.3, -0.25) is 4.99 Å². The van der Waals surface area contributed by atoms with E-state index in [0.29, 0.717) is 12.3 Å². The Balaban J connectivity index is 1.82. The predicted octanol–water partition coefficient (Wildman–Crippen LogP) is 2.31. The molecule has 0 saturated heterocycles. The number of hydrogen-bond acceptors (Lipinski definition) is 3. The van der Waals surface area contributed by atoms with E-state index in [4.69, 9.17) is 4.74 Å². The van der Waals surface area contributed by atoms with Gasteiger partial charge in [0.05, 0.1) is 7.11 Å². The largest absolute Gasteiger partial charge is 0.508 e. The van der Waals surface area contributed by atoms with Gasteiger partial charge in [-0.15, -0.1) is 0 Å². The van der Waals surface area contributed by atoms with Crippen molar-refractivity contribution < 1.29 is 9.84 Å². The van der Waals surface area contributed by atoms with Gasteiger partial charge < -0.3 is 20.5 Å². The Bertz CT molecular complexity index is 656. The molecule has 23 heavy (non-hydrogen) atoms. The summed E-state index contributed by atoms with van der Waals surface area (Å²) in [6.07, 6.45) is 0.809. The lowest BCUT2D eigenvalue weighted by Crippen LogP contribution is -2.37. The number of rotatable bonds is 6. The third-order valence-electron chi connectivity index (χ3n) is 3.48. The Hall–Kier alpha value is -2.69. The van der Waals surface area contributed by atoms with Gasteiger partial charge >= 0.3 is 0 Å². The van der Waals surface area contributed by atoms with E-state index >= 15 is 0 Å². The molecular weight excluding hydrogens is 290 g/mol. The fourth-order valence-electron chi connectivity index (χ4n) is 2.29. The Kier molecular flexibility index (Phi) is 6.29. The molecule has 122 valence electrons. The van der Waals surface area contributed by atoms with Crippen LogP contribution in [0.4, 0.5) is 0 Å². The normalized spacial score (nSPS) is 11.1. The van der Waals surface area contributed by atoms with Crippen LogP contribution in [0.2, 0.25) is 0 Å². The molecular formula is C18H23N3O2. The Morgan fingerprint density at radius 1 is 1.13 bits per heavy atom. The smallest absolute Gasteiger partial charge is 0.191 e. The van der Waals surface area contributed by atoms with Crippen LogP contribution in [-0.4, -0.2) is 31.8 Å². The van der Waals surface area contributed by atoms with E-state index in [1.807, 2.05) is 36.4 Å². The molecule has 5 nitrogen and oxygen atoms in total. The minimum Gasteiger partial charge on any atom is -0.508 e. The minimum atomic E-state index is 0.293. The van der Waals surface area contributed by atoms with E-state index in [9.17, 15) is 5.11 Å². The van der Waals surface area contributed by atoms with Gasteiger partial charge in [0.2, 0.25) is 0 Å². The molecule has 0 unspecified atom stereocenters. The van der Waals surface area contributed by atoms with Crippen LogP contribution in [-0.2, 0) is 13.0 Å². The number of nitrogens with zero attached hydrogens (tertiary/aromatic N) is 1. The van der Waals surface area contributed by atoms with Crippen LogP contribution in [0.15, 0.2) is 53.5 Å². The molecule has 0 aliphatic rings. The Morgan fingerprint density at radius 2 is 1.96 bits per heavy atom. The summed E-state index contributed by atoms with van der Waals surface area (Å²) in [6.45, 7) is 1.37. The third-order valence-corrected chi connectivity index (χ3v) is 3.48. The van der Waals surface area contributed by atoms with Crippen molar-refractivity contribution in [3.8, 4) is 11.5 Å². The summed E-state index contributed by atoms with van der Waals surface area (Å²) in [5.41, 5.74) is 2.16. The van der Waals surface area contributed by atoms with Crippen LogP contribution in [0.3, 0.4) is 0 Å². The van der Waals surface area contributed by atoms with Gasteiger partial charge in [-0.2, -0.15) is 0 Å². The van der Waals surface area contributed by atoms with Crippen molar-refractivity contribution in [2.75, 3.05) is 20.7 Å². The number of aliphatic imine (C=N–C) groups is 1. The molecule has 0 amide bonds. The topological polar surface area (TPSA) is 65.9 Å². The van der Waals surface area contributed by atoms with E-state index in [1.54, 1.807) is 26.3 Å². The Labute approximate surface area is 137 Å². The molecule has 2 rings (SSSR count). The lowest BCUT2D eigenvalue weighted by atomic mass is 10.1. The second kappa shape index (κ2) is 8.68. The number of hydrogen-bond donors (Lipinski definition) is 3. The zero-order chi connectivity index (χ0) is 16.5. The van der Waals surface area contributed by atoms with Crippen molar-refractivity contribution in [1.82, 2.24) is 10.6 Å². The lowest BCUT2D eigenvalue weighted by Gasteiger charge is -2.13. The van der Waals surface area contributed by atoms with Gasteiger partial charge in [-0.1, -0.05) is 30.3 Å². The van der Waals surface area contributed by atoms with Crippen molar-refractivity contribution in [1.29, 1.82) is 0 Å². The summed E-state index contributed by atoms with van der Waals surface area (Å²) >= 11 is 0. The fourth-order valence-corrected chi connectivity index (χ4v) is 2.29. The maximum Gasteiger partial charge on any atom is 0.191 e. The molecule has 2 aromatic carbocycles. The molecule has 0 heterocycles. The molecule has 0 bridgehead atoms. The first-order valence-corrected chi connectivity index (χ1v) is 7.57. The summed E-state index contributed by atoms with van der Waals surface area (Å²) in [4.78, 5) is 4.21. The second-order valence-electron chi connectivity index (χ2n) is 5.08. The van der Waals surface area contributed by atoms with E-state index in [-0.39, 0.29) is 0 Å². The highest BCUT2D eigenvalue weighted by Gasteiger charge is 2.03.